The van der Waals surface area contributed by atoms with E-state index in [0.29, 0.717) is 5.57 Å². The fraction of sp³-hybridized carbons (Fsp3) is 0.348. The summed E-state index contributed by atoms with van der Waals surface area (Å²) in [7, 11) is 0. The molecule has 0 atom stereocenters. The molecule has 24 heavy (non-hydrogen) atoms. The molecule has 0 unspecified atom stereocenters. The molecule has 0 bridgehead atoms. The van der Waals surface area contributed by atoms with Gasteiger partial charge in [0.2, 0.25) is 0 Å². The summed E-state index contributed by atoms with van der Waals surface area (Å²) in [6.07, 6.45) is 1.96. The van der Waals surface area contributed by atoms with E-state index in [1.165, 1.54) is 11.1 Å². The van der Waals surface area contributed by atoms with Crippen molar-refractivity contribution in [3.63, 3.8) is 0 Å². The second kappa shape index (κ2) is 5.73. The second-order valence-electron chi connectivity index (χ2n) is 8.13. The van der Waals surface area contributed by atoms with Gasteiger partial charge in [0.05, 0.1) is 0 Å². The van der Waals surface area contributed by atoms with Crippen LogP contribution in [0.15, 0.2) is 48.1 Å². The number of ketones is 1. The molecule has 0 saturated heterocycles. The van der Waals surface area contributed by atoms with E-state index in [9.17, 15) is 4.79 Å². The molecule has 0 aliphatic heterocycles. The van der Waals surface area contributed by atoms with E-state index in [-0.39, 0.29) is 11.2 Å². The molecule has 0 heterocycles. The van der Waals surface area contributed by atoms with Gasteiger partial charge in [-0.15, -0.1) is 0 Å². The molecule has 0 N–H and O–H groups in total. The van der Waals surface area contributed by atoms with Crippen molar-refractivity contribution in [2.75, 3.05) is 0 Å². The molecule has 0 fully saturated rings. The first-order chi connectivity index (χ1) is 11.2. The molecule has 1 nitrogen and oxygen atoms in total. The van der Waals surface area contributed by atoms with Crippen LogP contribution in [0, 0.1) is 12.3 Å². The Hall–Kier alpha value is -2.15. The average Bonchev–Trinajstić information content (AvgIpc) is 2.52. The quantitative estimate of drug-likeness (QED) is 0.577. The van der Waals surface area contributed by atoms with Gasteiger partial charge >= 0.3 is 0 Å². The number of rotatable bonds is 2. The van der Waals surface area contributed by atoms with Gasteiger partial charge < -0.3 is 0 Å². The minimum atomic E-state index is 0.0932. The smallest absolute Gasteiger partial charge is 0.193 e. The average molecular weight is 318 g/mol. The Morgan fingerprint density at radius 2 is 1.67 bits per heavy atom. The number of allylic oxidation sites excluding steroid dienone is 3. The summed E-state index contributed by atoms with van der Waals surface area (Å²) in [6.45, 7) is 15.1. The number of carbonyl (C=O) groups excluding carboxylic acids is 1. The van der Waals surface area contributed by atoms with E-state index in [0.717, 1.165) is 40.3 Å². The summed E-state index contributed by atoms with van der Waals surface area (Å²) in [4.78, 5) is 13.1. The Morgan fingerprint density at radius 1 is 1.04 bits per heavy atom. The fourth-order valence-electron chi connectivity index (χ4n) is 3.61. The maximum Gasteiger partial charge on any atom is 0.193 e. The molecule has 2 aromatic carbocycles. The van der Waals surface area contributed by atoms with Crippen molar-refractivity contribution in [2.45, 2.75) is 47.5 Å². The Labute approximate surface area is 145 Å². The summed E-state index contributed by atoms with van der Waals surface area (Å²) in [6, 6.07) is 10.4. The van der Waals surface area contributed by atoms with Crippen LogP contribution in [0.1, 0.15) is 62.0 Å². The van der Waals surface area contributed by atoms with Crippen molar-refractivity contribution in [2.24, 2.45) is 5.41 Å². The fourth-order valence-corrected chi connectivity index (χ4v) is 3.61. The zero-order valence-corrected chi connectivity index (χ0v) is 15.4. The van der Waals surface area contributed by atoms with Gasteiger partial charge in [0.1, 0.15) is 0 Å². The first-order valence-corrected chi connectivity index (χ1v) is 8.67. The summed E-state index contributed by atoms with van der Waals surface area (Å²) in [5.41, 5.74) is 6.42. The molecule has 2 aromatic rings. The highest BCUT2D eigenvalue weighted by atomic mass is 16.1. The van der Waals surface area contributed by atoms with Crippen LogP contribution < -0.4 is 0 Å². The molecule has 124 valence electrons. The van der Waals surface area contributed by atoms with Gasteiger partial charge in [-0.25, -0.2) is 0 Å². The largest absolute Gasteiger partial charge is 0.289 e. The minimum absolute atomic E-state index is 0.0932. The molecule has 0 spiro atoms. The highest BCUT2D eigenvalue weighted by Crippen LogP contribution is 2.41. The second-order valence-corrected chi connectivity index (χ2v) is 8.13. The zero-order valence-electron chi connectivity index (χ0n) is 15.4. The molecule has 0 saturated carbocycles. The van der Waals surface area contributed by atoms with E-state index in [1.807, 2.05) is 12.1 Å². The molecule has 0 amide bonds. The van der Waals surface area contributed by atoms with Crippen LogP contribution in [0.3, 0.4) is 0 Å². The van der Waals surface area contributed by atoms with E-state index in [1.54, 1.807) is 0 Å². The molecule has 1 aliphatic rings. The molecular formula is C23H26O. The molecular weight excluding hydrogens is 292 g/mol. The lowest BCUT2D eigenvalue weighted by molar-refractivity contribution is 0.103. The van der Waals surface area contributed by atoms with Crippen LogP contribution in [0.25, 0.3) is 16.3 Å². The van der Waals surface area contributed by atoms with Gasteiger partial charge in [0, 0.05) is 11.1 Å². The Kier molecular flexibility index (Phi) is 3.99. The number of Topliss-reactive ketones (excluding diaryl/α,β-unsaturated/α-hetero) is 1. The molecule has 1 aliphatic carbocycles. The maximum absolute atomic E-state index is 13.1. The van der Waals surface area contributed by atoms with Crippen molar-refractivity contribution in [1.82, 2.24) is 0 Å². The SMILES string of the molecule is C=C1C(=O)c2c(cc(C)c3ccccc23)C(C)=C1CCC(C)(C)C. The first-order valence-electron chi connectivity index (χ1n) is 8.67. The number of benzene rings is 2. The van der Waals surface area contributed by atoms with Crippen molar-refractivity contribution >= 4 is 22.1 Å². The predicted molar refractivity (Wildman–Crippen MR) is 103 cm³/mol. The lowest BCUT2D eigenvalue weighted by atomic mass is 9.76. The third-order valence-corrected chi connectivity index (χ3v) is 5.10. The topological polar surface area (TPSA) is 17.1 Å². The molecule has 1 heteroatoms. The lowest BCUT2D eigenvalue weighted by Crippen LogP contribution is -2.17. The van der Waals surface area contributed by atoms with E-state index < -0.39 is 0 Å². The first kappa shape index (κ1) is 16.7. The number of hydrogen-bond acceptors (Lipinski definition) is 1. The monoisotopic (exact) mass is 318 g/mol. The van der Waals surface area contributed by atoms with Crippen LogP contribution in [0.5, 0.6) is 0 Å². The third-order valence-electron chi connectivity index (χ3n) is 5.10. The van der Waals surface area contributed by atoms with Crippen LogP contribution in [0.2, 0.25) is 0 Å². The van der Waals surface area contributed by atoms with E-state index >= 15 is 0 Å². The van der Waals surface area contributed by atoms with Crippen LogP contribution in [0.4, 0.5) is 0 Å². The van der Waals surface area contributed by atoms with Crippen molar-refractivity contribution < 1.29 is 4.79 Å². The molecule has 0 radical (unpaired) electrons. The van der Waals surface area contributed by atoms with Gasteiger partial charge in [-0.1, -0.05) is 57.7 Å². The van der Waals surface area contributed by atoms with Crippen molar-refractivity contribution in [1.29, 1.82) is 0 Å². The van der Waals surface area contributed by atoms with Crippen molar-refractivity contribution in [3.05, 3.63) is 64.7 Å². The van der Waals surface area contributed by atoms with Crippen LogP contribution in [-0.2, 0) is 0 Å². The standard InChI is InChI=1S/C23H26O/c1-14-13-20-15(2)18(11-12-23(4,5)6)16(3)22(24)21(20)19-10-8-7-9-17(14)19/h7-10,13H,3,11-12H2,1-2,4-6H3. The summed E-state index contributed by atoms with van der Waals surface area (Å²) in [5.74, 6) is 0.0932. The number of carbonyl (C=O) groups is 1. The van der Waals surface area contributed by atoms with Crippen molar-refractivity contribution in [3.8, 4) is 0 Å². The number of fused-ring (bicyclic) bond motifs is 3. The van der Waals surface area contributed by atoms with Gasteiger partial charge in [0.25, 0.3) is 0 Å². The van der Waals surface area contributed by atoms with Gasteiger partial charge in [-0.2, -0.15) is 0 Å². The van der Waals surface area contributed by atoms with E-state index in [4.69, 9.17) is 0 Å². The minimum Gasteiger partial charge on any atom is -0.289 e. The van der Waals surface area contributed by atoms with Gasteiger partial charge in [0.15, 0.2) is 5.78 Å². The third kappa shape index (κ3) is 2.73. The maximum atomic E-state index is 13.1. The Balaban J connectivity index is 2.23. The molecule has 0 aromatic heterocycles. The van der Waals surface area contributed by atoms with Gasteiger partial charge in [-0.3, -0.25) is 4.79 Å². The number of aryl methyl sites for hydroxylation is 1. The van der Waals surface area contributed by atoms with Crippen LogP contribution >= 0.6 is 0 Å². The summed E-state index contributed by atoms with van der Waals surface area (Å²) < 4.78 is 0. The Bertz CT molecular complexity index is 888. The van der Waals surface area contributed by atoms with Crippen LogP contribution in [-0.4, -0.2) is 5.78 Å². The van der Waals surface area contributed by atoms with E-state index in [2.05, 4.69) is 59.4 Å². The normalized spacial score (nSPS) is 15.2. The molecule has 3 rings (SSSR count). The lowest BCUT2D eigenvalue weighted by Gasteiger charge is -2.27. The van der Waals surface area contributed by atoms with Gasteiger partial charge in [-0.05, 0) is 65.1 Å². The summed E-state index contributed by atoms with van der Waals surface area (Å²) in [5, 5.41) is 2.20. The zero-order chi connectivity index (χ0) is 17.6. The number of hydrogen-bond donors (Lipinski definition) is 0. The highest BCUT2D eigenvalue weighted by molar-refractivity contribution is 6.23. The highest BCUT2D eigenvalue weighted by Gasteiger charge is 2.29. The summed E-state index contributed by atoms with van der Waals surface area (Å²) >= 11 is 0. The predicted octanol–water partition coefficient (Wildman–Crippen LogP) is 6.50. The Morgan fingerprint density at radius 3 is 2.29 bits per heavy atom.